The van der Waals surface area contributed by atoms with E-state index in [1.807, 2.05) is 29.2 Å². The molecule has 3 heteroatoms. The zero-order chi connectivity index (χ0) is 15.6. The number of para-hydroxylation sites is 1. The first kappa shape index (κ1) is 15.7. The molecule has 0 fully saturated rings. The van der Waals surface area contributed by atoms with E-state index in [9.17, 15) is 9.59 Å². The Labute approximate surface area is 127 Å². The van der Waals surface area contributed by atoms with Crippen molar-refractivity contribution in [3.8, 4) is 0 Å². The van der Waals surface area contributed by atoms with Gasteiger partial charge in [-0.2, -0.15) is 0 Å². The van der Waals surface area contributed by atoms with Crippen molar-refractivity contribution in [2.45, 2.75) is 47.0 Å². The van der Waals surface area contributed by atoms with Crippen LogP contribution in [0.3, 0.4) is 0 Å². The lowest BCUT2D eigenvalue weighted by molar-refractivity contribution is -0.120. The zero-order valence-corrected chi connectivity index (χ0v) is 13.5. The van der Waals surface area contributed by atoms with E-state index >= 15 is 0 Å². The number of carbonyl (C=O) groups is 2. The first-order valence-corrected chi connectivity index (χ1v) is 7.73. The van der Waals surface area contributed by atoms with Crippen molar-refractivity contribution in [3.05, 3.63) is 29.8 Å². The third-order valence-electron chi connectivity index (χ3n) is 4.54. The summed E-state index contributed by atoms with van der Waals surface area (Å²) in [6, 6.07) is 7.47. The van der Waals surface area contributed by atoms with Gasteiger partial charge in [-0.3, -0.25) is 9.59 Å². The van der Waals surface area contributed by atoms with Crippen LogP contribution in [-0.2, 0) is 4.79 Å². The van der Waals surface area contributed by atoms with Gasteiger partial charge in [-0.15, -0.1) is 0 Å². The molecule has 0 N–H and O–H groups in total. The quantitative estimate of drug-likeness (QED) is 0.822. The molecule has 0 spiro atoms. The van der Waals surface area contributed by atoms with Crippen LogP contribution < -0.4 is 4.90 Å². The highest BCUT2D eigenvalue weighted by Gasteiger charge is 2.28. The summed E-state index contributed by atoms with van der Waals surface area (Å²) >= 11 is 0. The fraction of sp³-hybridized carbons (Fsp3) is 0.556. The van der Waals surface area contributed by atoms with Gasteiger partial charge in [0.2, 0.25) is 5.91 Å². The summed E-state index contributed by atoms with van der Waals surface area (Å²) in [5.74, 6) is 0.570. The normalized spacial score (nSPS) is 17.1. The van der Waals surface area contributed by atoms with Gasteiger partial charge in [0.05, 0.1) is 5.69 Å². The Hall–Kier alpha value is -1.64. The van der Waals surface area contributed by atoms with Gasteiger partial charge in [-0.25, -0.2) is 0 Å². The molecule has 1 aromatic rings. The van der Waals surface area contributed by atoms with Gasteiger partial charge < -0.3 is 4.90 Å². The molecule has 1 aromatic carbocycles. The maximum atomic E-state index is 12.7. The Bertz CT molecular complexity index is 542. The Morgan fingerprint density at radius 2 is 1.95 bits per heavy atom. The monoisotopic (exact) mass is 287 g/mol. The second-order valence-corrected chi connectivity index (χ2v) is 7.06. The number of fused-ring (bicyclic) bond motifs is 1. The van der Waals surface area contributed by atoms with Crippen molar-refractivity contribution in [3.63, 3.8) is 0 Å². The van der Waals surface area contributed by atoms with E-state index in [0.29, 0.717) is 30.9 Å². The summed E-state index contributed by atoms with van der Waals surface area (Å²) < 4.78 is 0. The Morgan fingerprint density at radius 1 is 1.29 bits per heavy atom. The Kier molecular flexibility index (Phi) is 4.50. The van der Waals surface area contributed by atoms with Gasteiger partial charge >= 0.3 is 0 Å². The maximum Gasteiger partial charge on any atom is 0.227 e. The molecule has 2 rings (SSSR count). The largest absolute Gasteiger partial charge is 0.312 e. The highest BCUT2D eigenvalue weighted by atomic mass is 16.2. The van der Waals surface area contributed by atoms with Gasteiger partial charge in [0.25, 0.3) is 0 Å². The van der Waals surface area contributed by atoms with Crippen LogP contribution >= 0.6 is 0 Å². The lowest BCUT2D eigenvalue weighted by Crippen LogP contribution is -2.34. The van der Waals surface area contributed by atoms with Crippen molar-refractivity contribution in [1.29, 1.82) is 0 Å². The van der Waals surface area contributed by atoms with Crippen LogP contribution in [0.1, 0.15) is 57.3 Å². The van der Waals surface area contributed by atoms with Crippen molar-refractivity contribution >= 4 is 17.4 Å². The molecule has 0 bridgehead atoms. The van der Waals surface area contributed by atoms with Crippen LogP contribution in [0.4, 0.5) is 5.69 Å². The van der Waals surface area contributed by atoms with Crippen LogP contribution in [0, 0.1) is 11.3 Å². The third-order valence-corrected chi connectivity index (χ3v) is 4.54. The minimum atomic E-state index is 0.108. The molecular weight excluding hydrogens is 262 g/mol. The number of hydrogen-bond acceptors (Lipinski definition) is 2. The molecule has 0 aliphatic carbocycles. The van der Waals surface area contributed by atoms with Gasteiger partial charge in [-0.1, -0.05) is 39.8 Å². The molecule has 3 nitrogen and oxygen atoms in total. The summed E-state index contributed by atoms with van der Waals surface area (Å²) in [6.45, 7) is 9.23. The fourth-order valence-corrected chi connectivity index (χ4v) is 2.54. The molecule has 0 aromatic heterocycles. The fourth-order valence-electron chi connectivity index (χ4n) is 2.54. The summed E-state index contributed by atoms with van der Waals surface area (Å²) in [4.78, 5) is 26.6. The molecule has 21 heavy (non-hydrogen) atoms. The van der Waals surface area contributed by atoms with Crippen LogP contribution in [0.15, 0.2) is 24.3 Å². The topological polar surface area (TPSA) is 37.4 Å². The predicted octanol–water partition coefficient (Wildman–Crippen LogP) is 4.07. The van der Waals surface area contributed by atoms with Crippen LogP contribution in [0.2, 0.25) is 0 Å². The van der Waals surface area contributed by atoms with Gasteiger partial charge in [0.1, 0.15) is 0 Å². The SMILES string of the molecule is CC(CC(=O)N1CCCC(=O)c2ccccc21)C(C)(C)C. The van der Waals surface area contributed by atoms with E-state index in [-0.39, 0.29) is 17.1 Å². The van der Waals surface area contributed by atoms with E-state index in [4.69, 9.17) is 0 Å². The van der Waals surface area contributed by atoms with Crippen LogP contribution in [-0.4, -0.2) is 18.2 Å². The van der Waals surface area contributed by atoms with E-state index < -0.39 is 0 Å². The first-order chi connectivity index (χ1) is 9.80. The molecule has 1 amide bonds. The van der Waals surface area contributed by atoms with Gasteiger partial charge in [0.15, 0.2) is 5.78 Å². The molecule has 1 aliphatic heterocycles. The number of amides is 1. The standard InChI is InChI=1S/C18H25NO2/c1-13(18(2,3)4)12-17(21)19-11-7-10-16(20)14-8-5-6-9-15(14)19/h5-6,8-9,13H,7,10-12H2,1-4H3. The van der Waals surface area contributed by atoms with Crippen LogP contribution in [0.5, 0.6) is 0 Å². The molecular formula is C18H25NO2. The minimum Gasteiger partial charge on any atom is -0.312 e. The average Bonchev–Trinajstić information content (AvgIpc) is 2.58. The van der Waals surface area contributed by atoms with Crippen molar-refractivity contribution in [1.82, 2.24) is 0 Å². The molecule has 1 aliphatic rings. The summed E-state index contributed by atoms with van der Waals surface area (Å²) in [5.41, 5.74) is 1.58. The number of carbonyl (C=O) groups excluding carboxylic acids is 2. The average molecular weight is 287 g/mol. The lowest BCUT2D eigenvalue weighted by Gasteiger charge is -2.30. The predicted molar refractivity (Wildman–Crippen MR) is 85.6 cm³/mol. The van der Waals surface area contributed by atoms with Gasteiger partial charge in [-0.05, 0) is 29.9 Å². The second-order valence-electron chi connectivity index (χ2n) is 7.06. The minimum absolute atomic E-state index is 0.108. The Morgan fingerprint density at radius 3 is 2.62 bits per heavy atom. The number of Topliss-reactive ketones (excluding diaryl/α,β-unsaturated/α-hetero) is 1. The van der Waals surface area contributed by atoms with Crippen molar-refractivity contribution in [2.75, 3.05) is 11.4 Å². The number of hydrogen-bond donors (Lipinski definition) is 0. The maximum absolute atomic E-state index is 12.7. The summed E-state index contributed by atoms with van der Waals surface area (Å²) in [5, 5.41) is 0. The van der Waals surface area contributed by atoms with E-state index in [0.717, 1.165) is 12.1 Å². The number of ketones is 1. The van der Waals surface area contributed by atoms with E-state index in [2.05, 4.69) is 27.7 Å². The zero-order valence-electron chi connectivity index (χ0n) is 13.5. The van der Waals surface area contributed by atoms with E-state index in [1.165, 1.54) is 0 Å². The highest BCUT2D eigenvalue weighted by Crippen LogP contribution is 2.31. The van der Waals surface area contributed by atoms with Crippen molar-refractivity contribution in [2.24, 2.45) is 11.3 Å². The first-order valence-electron chi connectivity index (χ1n) is 7.73. The van der Waals surface area contributed by atoms with Crippen LogP contribution in [0.25, 0.3) is 0 Å². The highest BCUT2D eigenvalue weighted by molar-refractivity contribution is 6.06. The molecule has 114 valence electrons. The number of rotatable bonds is 2. The Balaban J connectivity index is 2.25. The molecule has 0 saturated heterocycles. The number of nitrogens with zero attached hydrogens (tertiary/aromatic N) is 1. The molecule has 0 saturated carbocycles. The number of benzene rings is 1. The van der Waals surface area contributed by atoms with Crippen molar-refractivity contribution < 1.29 is 9.59 Å². The molecule has 1 heterocycles. The summed E-state index contributed by atoms with van der Waals surface area (Å²) in [6.07, 6.45) is 1.78. The molecule has 1 unspecified atom stereocenters. The number of anilines is 1. The molecule has 0 radical (unpaired) electrons. The summed E-state index contributed by atoms with van der Waals surface area (Å²) in [7, 11) is 0. The van der Waals surface area contributed by atoms with Gasteiger partial charge in [0, 0.05) is 24.9 Å². The third kappa shape index (κ3) is 3.52. The molecule has 1 atom stereocenters. The lowest BCUT2D eigenvalue weighted by atomic mass is 9.80. The smallest absolute Gasteiger partial charge is 0.227 e. The second kappa shape index (κ2) is 6.00. The van der Waals surface area contributed by atoms with E-state index in [1.54, 1.807) is 0 Å².